The molecule has 19 heteroatoms. The third kappa shape index (κ3) is 19.9. The molecule has 0 unspecified atom stereocenters. The Hall–Kier alpha value is -7.67. The topological polar surface area (TPSA) is 118 Å². The van der Waals surface area contributed by atoms with E-state index in [4.69, 9.17) is 0 Å². The molecule has 4 aromatic heterocycles. The second kappa shape index (κ2) is 37.3. The zero-order valence-electron chi connectivity index (χ0n) is 50.0. The molecule has 1 aliphatic carbocycles. The molecule has 0 saturated heterocycles. The van der Waals surface area contributed by atoms with Crippen LogP contribution in [0.3, 0.4) is 0 Å². The summed E-state index contributed by atoms with van der Waals surface area (Å²) in [6.07, 6.45) is 20.4. The molecule has 93 heavy (non-hydrogen) atoms. The van der Waals surface area contributed by atoms with E-state index in [0.717, 1.165) is 50.9 Å². The first-order valence-corrected chi connectivity index (χ1v) is 28.0. The monoisotopic (exact) mass is 2120 g/mol. The molecule has 3 radical (unpaired) electrons. The van der Waals surface area contributed by atoms with E-state index in [1.807, 2.05) is 170 Å². The van der Waals surface area contributed by atoms with Gasteiger partial charge in [-0.3, -0.25) is 4.98 Å². The summed E-state index contributed by atoms with van der Waals surface area (Å²) in [4.78, 5) is 12.7. The fourth-order valence-corrected chi connectivity index (χ4v) is 9.68. The zero-order valence-corrected chi connectivity index (χ0v) is 61.7. The Labute approximate surface area is 617 Å². The van der Waals surface area contributed by atoms with Gasteiger partial charge in [-0.2, -0.15) is 116 Å². The molecule has 0 N–H and O–H groups in total. The number of hydrogen-bond acceptors (Lipinski definition) is 11. The van der Waals surface area contributed by atoms with Gasteiger partial charge in [-0.1, -0.05) is 129 Å². The first-order valence-electron chi connectivity index (χ1n) is 28.0. The largest absolute Gasteiger partial charge is 2.00 e. The number of hydrogen-bond donors (Lipinski definition) is 0. The number of para-hydroxylation sites is 3. The summed E-state index contributed by atoms with van der Waals surface area (Å²) in [6.45, 7) is 15.2. The molecule has 8 aromatic carbocycles. The zero-order chi connectivity index (χ0) is 59.1. The van der Waals surface area contributed by atoms with Crippen molar-refractivity contribution in [3.8, 4) is 50.6 Å². The smallest absolute Gasteiger partial charge is 0.504 e. The van der Waals surface area contributed by atoms with E-state index < -0.39 is 0 Å². The van der Waals surface area contributed by atoms with E-state index in [0.29, 0.717) is 0 Å². The Balaban J connectivity index is 0.000000244. The molecular weight excluding hydrogens is 2050 g/mol. The number of rotatable bonds is 8. The van der Waals surface area contributed by atoms with Crippen LogP contribution in [0.5, 0.6) is 0 Å². The first-order chi connectivity index (χ1) is 42.0. The number of nitrogens with zero attached hydrogens (tertiary/aromatic N) is 14. The molecule has 2 aliphatic heterocycles. The van der Waals surface area contributed by atoms with Crippen LogP contribution in [0, 0.1) is 43.7 Å². The summed E-state index contributed by atoms with van der Waals surface area (Å²) in [5, 5.41) is 23.4. The quantitative estimate of drug-likeness (QED) is 0.135. The van der Waals surface area contributed by atoms with Gasteiger partial charge in [0.05, 0.1) is 18.6 Å². The number of aromatic nitrogens is 10. The summed E-state index contributed by atoms with van der Waals surface area (Å²) >= 11 is 0. The van der Waals surface area contributed by atoms with Gasteiger partial charge >= 0.3 is 42.1 Å². The van der Waals surface area contributed by atoms with E-state index in [1.165, 1.54) is 27.8 Å². The molecule has 485 valence electrons. The van der Waals surface area contributed by atoms with Gasteiger partial charge in [-0.15, -0.1) is 73.8 Å². The maximum absolute atomic E-state index is 4.31. The van der Waals surface area contributed by atoms with Crippen LogP contribution in [0.25, 0.3) is 50.6 Å². The van der Waals surface area contributed by atoms with Gasteiger partial charge in [0.25, 0.3) is 0 Å². The number of fused-ring (bicyclic) bond motifs is 3. The van der Waals surface area contributed by atoms with Crippen LogP contribution >= 0.6 is 0 Å². The molecule has 0 atom stereocenters. The van der Waals surface area contributed by atoms with Crippen molar-refractivity contribution in [1.29, 1.82) is 0 Å². The van der Waals surface area contributed by atoms with Crippen LogP contribution in [0.15, 0.2) is 268 Å². The van der Waals surface area contributed by atoms with Crippen LogP contribution in [0.1, 0.15) is 60.6 Å². The fraction of sp³-hybridized carbons (Fsp3) is 0.122. The van der Waals surface area contributed by atoms with Crippen molar-refractivity contribution in [2.45, 2.75) is 60.4 Å². The molecule has 15 rings (SSSR count). The molecule has 6 heterocycles. The summed E-state index contributed by atoms with van der Waals surface area (Å²) in [5.41, 5.74) is 15.7. The average Bonchev–Trinajstić information content (AvgIpc) is 1.59. The van der Waals surface area contributed by atoms with E-state index in [1.54, 1.807) is 51.2 Å². The van der Waals surface area contributed by atoms with Gasteiger partial charge < -0.3 is 19.6 Å². The van der Waals surface area contributed by atoms with Crippen LogP contribution in [0.4, 0.5) is 17.1 Å². The fourth-order valence-electron chi connectivity index (χ4n) is 9.68. The molecule has 12 aromatic rings. The molecule has 0 bridgehead atoms. The van der Waals surface area contributed by atoms with Gasteiger partial charge in [0.15, 0.2) is 0 Å². The minimum Gasteiger partial charge on any atom is -0.504 e. The SMILES string of the molecule is C.C.CC(C)(C)N1C=CN(c2[c-]cccc2)[CH-]1.CC1(C)c2ccccc2-c2c[c-]c(-n3ccnn3)cc21.[Ir].[Ir].[Ir].[Pt+2].[Pt+2].[c-]1ccc(-c2ccccc2)cc1-n1ccnn1.[c-]1ccc(-c2ccccn2)cc1-n1ccnn1.[c-]1ccccc1N1C=CN(c2ccccc2)[CH-]1. The summed E-state index contributed by atoms with van der Waals surface area (Å²) in [5.74, 6) is 0. The predicted molar refractivity (Wildman–Crippen MR) is 353 cm³/mol. The summed E-state index contributed by atoms with van der Waals surface area (Å²) in [7, 11) is 0. The van der Waals surface area contributed by atoms with E-state index in [9.17, 15) is 0 Å². The van der Waals surface area contributed by atoms with Crippen molar-refractivity contribution >= 4 is 17.1 Å². The van der Waals surface area contributed by atoms with Crippen molar-refractivity contribution in [2.75, 3.05) is 14.7 Å². The molecule has 0 amide bonds. The number of pyridine rings is 1. The Morgan fingerprint density at radius 3 is 1.42 bits per heavy atom. The van der Waals surface area contributed by atoms with Crippen LogP contribution < -0.4 is 14.7 Å². The van der Waals surface area contributed by atoms with Crippen molar-refractivity contribution in [3.05, 3.63) is 323 Å². The molecule has 3 aliphatic rings. The molecule has 0 saturated carbocycles. The van der Waals surface area contributed by atoms with Gasteiger partial charge in [-0.05, 0) is 103 Å². The van der Waals surface area contributed by atoms with E-state index >= 15 is 0 Å². The molecular formula is C74H69Ir3N14Pt2-3. The normalized spacial score (nSPS) is 12.2. The molecule has 14 nitrogen and oxygen atoms in total. The summed E-state index contributed by atoms with van der Waals surface area (Å²) in [6, 6.07) is 82.9. The molecule has 0 spiro atoms. The first kappa shape index (κ1) is 77.8. The van der Waals surface area contributed by atoms with Crippen LogP contribution in [0.2, 0.25) is 0 Å². The second-order valence-corrected chi connectivity index (χ2v) is 21.3. The standard InChI is InChI=1S/C17H14N3.C15H12N2.C14H10N3.C13H9N4.C13H16N2.2CH4.3Ir.2Pt/c1-17(2)15-6-4-3-5-13(15)14-8-7-12(11-16(14)17)20-10-9-18-19-20;1-3-7-14(8-4-1)16-11-12-17(13-16)15-9-5-2-6-10-15;1-2-5-12(6-3-1)13-7-4-8-14(11-13)17-10-9-15-16-17;1-2-7-14-13(6-1)11-4-3-5-12(10-11)17-9-8-15-16-17;1-13(2,3)15-10-9-14(11-15)12-7-5-4-6-8-12;;;;;;;/h3-6,8-11H,1-2H3;1-9,11-13H;1-7,9-11H;1-4,6-10H;4-7,9-11H,1-3H3;2*1H4;;;;;/q-1;-2;2*-1;-2;;;;;;2*+2. The van der Waals surface area contributed by atoms with E-state index in [2.05, 4.69) is 195 Å². The minimum absolute atomic E-state index is 0. The van der Waals surface area contributed by atoms with Crippen molar-refractivity contribution in [1.82, 2.24) is 54.9 Å². The third-order valence-corrected chi connectivity index (χ3v) is 14.2. The van der Waals surface area contributed by atoms with Gasteiger partial charge in [0.2, 0.25) is 0 Å². The Morgan fingerprint density at radius 2 is 0.892 bits per heavy atom. The minimum atomic E-state index is 0. The summed E-state index contributed by atoms with van der Waals surface area (Å²) < 4.78 is 5.12. The third-order valence-electron chi connectivity index (χ3n) is 14.2. The Morgan fingerprint density at radius 1 is 0.409 bits per heavy atom. The second-order valence-electron chi connectivity index (χ2n) is 21.3. The van der Waals surface area contributed by atoms with Crippen molar-refractivity contribution in [2.24, 2.45) is 0 Å². The van der Waals surface area contributed by atoms with Gasteiger partial charge in [0.1, 0.15) is 0 Å². The maximum Gasteiger partial charge on any atom is 2.00 e. The van der Waals surface area contributed by atoms with Gasteiger partial charge in [-0.25, -0.2) is 14.0 Å². The van der Waals surface area contributed by atoms with Crippen molar-refractivity contribution in [3.63, 3.8) is 0 Å². The average molecular weight is 2120 g/mol. The van der Waals surface area contributed by atoms with Crippen LogP contribution in [-0.2, 0) is 108 Å². The maximum atomic E-state index is 4.31. The van der Waals surface area contributed by atoms with Crippen molar-refractivity contribution < 1.29 is 102 Å². The predicted octanol–water partition coefficient (Wildman–Crippen LogP) is 15.9. The number of benzene rings is 8. The van der Waals surface area contributed by atoms with Gasteiger partial charge in [0, 0.05) is 102 Å². The van der Waals surface area contributed by atoms with E-state index in [-0.39, 0.29) is 128 Å². The Bertz CT molecular complexity index is 3950. The molecule has 0 fully saturated rings. The number of anilines is 3. The van der Waals surface area contributed by atoms with Crippen LogP contribution in [-0.4, -0.2) is 60.4 Å². The Kier molecular flexibility index (Phi) is 31.2.